The Balaban J connectivity index is 1.47. The second-order valence-corrected chi connectivity index (χ2v) is 8.62. The molecule has 3 aromatic rings. The Hall–Kier alpha value is -3.28. The van der Waals surface area contributed by atoms with E-state index in [-0.39, 0.29) is 29.6 Å². The number of ether oxygens (including phenoxy) is 2. The average molecular weight is 406 g/mol. The topological polar surface area (TPSA) is 80.4 Å². The number of hydrogen-bond donors (Lipinski definition) is 2. The Morgan fingerprint density at radius 3 is 2.80 bits per heavy atom. The Bertz CT molecular complexity index is 1180. The summed E-state index contributed by atoms with van der Waals surface area (Å²) >= 11 is 0. The highest BCUT2D eigenvalue weighted by atomic mass is 16.5. The van der Waals surface area contributed by atoms with Gasteiger partial charge in [0.25, 0.3) is 5.91 Å². The third-order valence-electron chi connectivity index (χ3n) is 5.19. The average Bonchev–Trinajstić information content (AvgIpc) is 2.99. The highest BCUT2D eigenvalue weighted by Gasteiger charge is 2.32. The number of benzene rings is 2. The molecule has 2 aromatic carbocycles. The maximum Gasteiger partial charge on any atom is 0.262 e. The van der Waals surface area contributed by atoms with Crippen molar-refractivity contribution in [2.24, 2.45) is 0 Å². The van der Waals surface area contributed by atoms with E-state index in [1.165, 1.54) is 0 Å². The number of aromatic nitrogens is 1. The van der Waals surface area contributed by atoms with Gasteiger partial charge in [-0.15, -0.1) is 0 Å². The van der Waals surface area contributed by atoms with Gasteiger partial charge in [0.15, 0.2) is 18.1 Å². The molecule has 6 nitrogen and oxygen atoms in total. The molecule has 30 heavy (non-hydrogen) atoms. The fourth-order valence-electron chi connectivity index (χ4n) is 3.88. The molecule has 0 saturated carbocycles. The van der Waals surface area contributed by atoms with E-state index in [9.17, 15) is 9.59 Å². The summed E-state index contributed by atoms with van der Waals surface area (Å²) in [5, 5.41) is 3.80. The molecule has 1 aromatic heterocycles. The van der Waals surface area contributed by atoms with Crippen molar-refractivity contribution in [2.75, 3.05) is 11.9 Å². The molecule has 156 valence electrons. The predicted molar refractivity (Wildman–Crippen MR) is 118 cm³/mol. The predicted octanol–water partition coefficient (Wildman–Crippen LogP) is 4.38. The number of H-pyrrole nitrogens is 1. The third-order valence-corrected chi connectivity index (χ3v) is 5.19. The lowest BCUT2D eigenvalue weighted by Crippen LogP contribution is -2.25. The van der Waals surface area contributed by atoms with Crippen LogP contribution in [0.4, 0.5) is 5.69 Å². The quantitative estimate of drug-likeness (QED) is 0.659. The second kappa shape index (κ2) is 7.52. The summed E-state index contributed by atoms with van der Waals surface area (Å²) in [7, 11) is 0. The summed E-state index contributed by atoms with van der Waals surface area (Å²) in [6.07, 6.45) is 0.805. The van der Waals surface area contributed by atoms with Crippen molar-refractivity contribution in [3.63, 3.8) is 0 Å². The third kappa shape index (κ3) is 4.03. The van der Waals surface area contributed by atoms with Crippen molar-refractivity contribution in [1.29, 1.82) is 0 Å². The number of carbonyl (C=O) groups excluding carboxylic acids is 1. The van der Waals surface area contributed by atoms with Gasteiger partial charge in [0.1, 0.15) is 5.60 Å². The Labute approximate surface area is 175 Å². The molecule has 6 heteroatoms. The van der Waals surface area contributed by atoms with Gasteiger partial charge in [-0.1, -0.05) is 32.0 Å². The minimum Gasteiger partial charge on any atom is -0.483 e. The Kier molecular flexibility index (Phi) is 5.02. The van der Waals surface area contributed by atoms with Gasteiger partial charge in [-0.3, -0.25) is 9.59 Å². The van der Waals surface area contributed by atoms with Crippen molar-refractivity contribution in [3.05, 3.63) is 63.9 Å². The Morgan fingerprint density at radius 1 is 1.23 bits per heavy atom. The first-order valence-electron chi connectivity index (χ1n) is 10.1. The smallest absolute Gasteiger partial charge is 0.262 e. The van der Waals surface area contributed by atoms with E-state index in [2.05, 4.69) is 10.3 Å². The molecule has 0 aliphatic carbocycles. The number of carbonyl (C=O) groups is 1. The summed E-state index contributed by atoms with van der Waals surface area (Å²) < 4.78 is 11.7. The fraction of sp³-hybridized carbons (Fsp3) is 0.333. The lowest BCUT2D eigenvalue weighted by molar-refractivity contribution is -0.118. The van der Waals surface area contributed by atoms with E-state index < -0.39 is 0 Å². The molecule has 1 amide bonds. The molecule has 4 rings (SSSR count). The van der Waals surface area contributed by atoms with Crippen LogP contribution in [0.5, 0.6) is 11.5 Å². The van der Waals surface area contributed by atoms with Crippen LogP contribution in [0.15, 0.2) is 47.3 Å². The lowest BCUT2D eigenvalue weighted by Gasteiger charge is -2.18. The number of aromatic amines is 1. The maximum absolute atomic E-state index is 12.4. The molecule has 1 aliphatic heterocycles. The van der Waals surface area contributed by atoms with E-state index in [1.807, 2.05) is 58.0 Å². The van der Waals surface area contributed by atoms with Crippen molar-refractivity contribution >= 4 is 22.5 Å². The zero-order valence-corrected chi connectivity index (χ0v) is 17.7. The molecule has 0 atom stereocenters. The fourth-order valence-corrected chi connectivity index (χ4v) is 3.88. The maximum atomic E-state index is 12.4. The van der Waals surface area contributed by atoms with Crippen molar-refractivity contribution in [1.82, 2.24) is 4.98 Å². The highest BCUT2D eigenvalue weighted by molar-refractivity contribution is 5.95. The van der Waals surface area contributed by atoms with Crippen molar-refractivity contribution in [3.8, 4) is 11.5 Å². The molecule has 0 fully saturated rings. The van der Waals surface area contributed by atoms with Crippen LogP contribution in [0.2, 0.25) is 0 Å². The summed E-state index contributed by atoms with van der Waals surface area (Å²) in [6, 6.07) is 12.9. The zero-order chi connectivity index (χ0) is 21.5. The van der Waals surface area contributed by atoms with Gasteiger partial charge in [-0.05, 0) is 43.5 Å². The standard InChI is InChI=1S/C24H26N2O4/c1-14(2)18-11-21(27)26-19-10-16(8-9-17(18)19)25-22(28)13-29-20-7-5-6-15-12-24(3,4)30-23(15)20/h5-11,14H,12-13H2,1-4H3,(H,25,28)(H,26,27). The zero-order valence-electron chi connectivity index (χ0n) is 17.7. The van der Waals surface area contributed by atoms with Gasteiger partial charge in [-0.25, -0.2) is 0 Å². The second-order valence-electron chi connectivity index (χ2n) is 8.62. The lowest BCUT2D eigenvalue weighted by atomic mass is 9.99. The molecule has 0 spiro atoms. The highest BCUT2D eigenvalue weighted by Crippen LogP contribution is 2.41. The van der Waals surface area contributed by atoms with Gasteiger partial charge in [0.2, 0.25) is 5.56 Å². The molecule has 2 N–H and O–H groups in total. The molecule has 2 heterocycles. The van der Waals surface area contributed by atoms with Gasteiger partial charge in [0.05, 0.1) is 5.52 Å². The van der Waals surface area contributed by atoms with E-state index in [0.717, 1.165) is 22.9 Å². The number of nitrogens with one attached hydrogen (secondary N) is 2. The number of para-hydroxylation sites is 1. The first-order chi connectivity index (χ1) is 14.2. The van der Waals surface area contributed by atoms with Crippen LogP contribution >= 0.6 is 0 Å². The molecular formula is C24H26N2O4. The van der Waals surface area contributed by atoms with Crippen LogP contribution in [0, 0.1) is 0 Å². The number of amides is 1. The summed E-state index contributed by atoms with van der Waals surface area (Å²) in [5.74, 6) is 1.22. The van der Waals surface area contributed by atoms with E-state index >= 15 is 0 Å². The normalized spacial score (nSPS) is 14.4. The first kappa shape index (κ1) is 20.0. The molecule has 0 radical (unpaired) electrons. The van der Waals surface area contributed by atoms with Crippen molar-refractivity contribution < 1.29 is 14.3 Å². The number of hydrogen-bond acceptors (Lipinski definition) is 4. The van der Waals surface area contributed by atoms with Crippen LogP contribution in [0.1, 0.15) is 44.7 Å². The van der Waals surface area contributed by atoms with Gasteiger partial charge < -0.3 is 19.8 Å². The van der Waals surface area contributed by atoms with E-state index in [4.69, 9.17) is 9.47 Å². The van der Waals surface area contributed by atoms with Crippen LogP contribution in [0.25, 0.3) is 10.9 Å². The summed E-state index contributed by atoms with van der Waals surface area (Å²) in [4.78, 5) is 27.2. The number of pyridine rings is 1. The number of fused-ring (bicyclic) bond motifs is 2. The van der Waals surface area contributed by atoms with Crippen LogP contribution < -0.4 is 20.3 Å². The SMILES string of the molecule is CC(C)c1cc(=O)[nH]c2cc(NC(=O)COc3cccc4c3OC(C)(C)C4)ccc12. The summed E-state index contributed by atoms with van der Waals surface area (Å²) in [5.41, 5.74) is 2.93. The largest absolute Gasteiger partial charge is 0.483 e. The first-order valence-corrected chi connectivity index (χ1v) is 10.1. The van der Waals surface area contributed by atoms with E-state index in [1.54, 1.807) is 12.1 Å². The molecule has 0 unspecified atom stereocenters. The van der Waals surface area contributed by atoms with Crippen LogP contribution in [-0.4, -0.2) is 23.1 Å². The minimum atomic E-state index is -0.286. The minimum absolute atomic E-state index is 0.138. The monoisotopic (exact) mass is 406 g/mol. The molecule has 0 saturated heterocycles. The van der Waals surface area contributed by atoms with Gasteiger partial charge >= 0.3 is 0 Å². The number of anilines is 1. The Morgan fingerprint density at radius 2 is 2.03 bits per heavy atom. The molecule has 0 bridgehead atoms. The van der Waals surface area contributed by atoms with E-state index in [0.29, 0.717) is 22.7 Å². The van der Waals surface area contributed by atoms with Crippen LogP contribution in [0.3, 0.4) is 0 Å². The summed E-state index contributed by atoms with van der Waals surface area (Å²) in [6.45, 7) is 8.01. The van der Waals surface area contributed by atoms with Gasteiger partial charge in [0, 0.05) is 29.1 Å². The van der Waals surface area contributed by atoms with Crippen LogP contribution in [-0.2, 0) is 11.2 Å². The van der Waals surface area contributed by atoms with Gasteiger partial charge in [-0.2, -0.15) is 0 Å². The van der Waals surface area contributed by atoms with Crippen molar-refractivity contribution in [2.45, 2.75) is 45.6 Å². The molecule has 1 aliphatic rings. The number of rotatable bonds is 5. The molecular weight excluding hydrogens is 380 g/mol.